The molecule has 2 aromatic heterocycles. The highest BCUT2D eigenvalue weighted by atomic mass is 16.5. The summed E-state index contributed by atoms with van der Waals surface area (Å²) in [5, 5.41) is 0. The molecule has 0 saturated carbocycles. The molecule has 0 spiro atoms. The van der Waals surface area contributed by atoms with Gasteiger partial charge in [-0.25, -0.2) is 9.97 Å². The Bertz CT molecular complexity index is 1260. The third-order valence-corrected chi connectivity index (χ3v) is 7.50. The van der Waals surface area contributed by atoms with Crippen LogP contribution in [0.4, 0.5) is 5.69 Å². The zero-order chi connectivity index (χ0) is 25.7. The summed E-state index contributed by atoms with van der Waals surface area (Å²) in [7, 11) is 2.17. The van der Waals surface area contributed by atoms with E-state index in [1.165, 1.54) is 0 Å². The summed E-state index contributed by atoms with van der Waals surface area (Å²) in [4.78, 5) is 30.5. The second-order valence-corrected chi connectivity index (χ2v) is 12.4. The number of ketones is 1. The summed E-state index contributed by atoms with van der Waals surface area (Å²) in [6, 6.07) is 6.45. The molecule has 7 nitrogen and oxygen atoms in total. The molecule has 1 aromatic carbocycles. The van der Waals surface area contributed by atoms with Gasteiger partial charge in [0.25, 0.3) is 0 Å². The molecule has 4 heterocycles. The molecule has 2 aliphatic heterocycles. The molecule has 0 bridgehead atoms. The second-order valence-electron chi connectivity index (χ2n) is 12.4. The molecular formula is C29H39N5O2. The number of carbonyl (C=O) groups excluding carboxylic acids is 1. The Labute approximate surface area is 214 Å². The van der Waals surface area contributed by atoms with Crippen LogP contribution in [0.3, 0.4) is 0 Å². The predicted octanol–water partition coefficient (Wildman–Crippen LogP) is 5.56. The van der Waals surface area contributed by atoms with E-state index in [0.717, 1.165) is 68.1 Å². The highest BCUT2D eigenvalue weighted by Gasteiger charge is 2.30. The van der Waals surface area contributed by atoms with Crippen LogP contribution in [0.2, 0.25) is 0 Å². The molecule has 0 radical (unpaired) electrons. The van der Waals surface area contributed by atoms with Crippen molar-refractivity contribution in [2.75, 3.05) is 38.1 Å². The Morgan fingerprint density at radius 2 is 1.89 bits per heavy atom. The first-order valence-electron chi connectivity index (χ1n) is 13.1. The topological polar surface area (TPSA) is 74.3 Å². The predicted molar refractivity (Wildman–Crippen MR) is 145 cm³/mol. The van der Waals surface area contributed by atoms with E-state index in [0.29, 0.717) is 16.7 Å². The quantitative estimate of drug-likeness (QED) is 0.473. The summed E-state index contributed by atoms with van der Waals surface area (Å²) in [5.41, 5.74) is 4.50. The molecule has 0 amide bonds. The standard InChI is InChI=1S/C29H39N5O2/c1-28(2,3)26(35)23-16-30-27-25(23)32-24(17-31-27)19-13-20(34-12-9-29(4,5)18-34)15-22(14-19)36-21-7-10-33(6)11-8-21/h13-17,21H,7-12,18H2,1-6H3,(H,30,31). The molecular weight excluding hydrogens is 450 g/mol. The van der Waals surface area contributed by atoms with E-state index < -0.39 is 5.41 Å². The van der Waals surface area contributed by atoms with Gasteiger partial charge in [0.15, 0.2) is 11.4 Å². The van der Waals surface area contributed by atoms with Gasteiger partial charge in [-0.2, -0.15) is 0 Å². The van der Waals surface area contributed by atoms with Crippen molar-refractivity contribution >= 4 is 22.6 Å². The highest BCUT2D eigenvalue weighted by molar-refractivity contribution is 6.08. The molecule has 5 rings (SSSR count). The molecule has 192 valence electrons. The van der Waals surface area contributed by atoms with E-state index in [1.807, 2.05) is 20.8 Å². The van der Waals surface area contributed by atoms with Gasteiger partial charge in [0.2, 0.25) is 0 Å². The maximum atomic E-state index is 13.1. The van der Waals surface area contributed by atoms with Crippen molar-refractivity contribution in [2.45, 2.75) is 60.0 Å². The molecule has 0 aliphatic carbocycles. The van der Waals surface area contributed by atoms with Gasteiger partial charge >= 0.3 is 0 Å². The number of piperidine rings is 1. The third kappa shape index (κ3) is 5.12. The van der Waals surface area contributed by atoms with Crippen molar-refractivity contribution in [2.24, 2.45) is 10.8 Å². The molecule has 0 unspecified atom stereocenters. The third-order valence-electron chi connectivity index (χ3n) is 7.50. The fraction of sp³-hybridized carbons (Fsp3) is 0.552. The lowest BCUT2D eigenvalue weighted by Gasteiger charge is -2.30. The number of carbonyl (C=O) groups is 1. The fourth-order valence-corrected chi connectivity index (χ4v) is 5.22. The van der Waals surface area contributed by atoms with Crippen molar-refractivity contribution in [1.29, 1.82) is 0 Å². The van der Waals surface area contributed by atoms with E-state index in [2.05, 4.69) is 58.9 Å². The average Bonchev–Trinajstić information content (AvgIpc) is 3.41. The second kappa shape index (κ2) is 9.18. The first-order valence-corrected chi connectivity index (χ1v) is 13.1. The van der Waals surface area contributed by atoms with Crippen LogP contribution in [-0.2, 0) is 0 Å². The average molecular weight is 490 g/mol. The Morgan fingerprint density at radius 3 is 2.56 bits per heavy atom. The Balaban J connectivity index is 1.53. The zero-order valence-corrected chi connectivity index (χ0v) is 22.5. The number of nitrogens with zero attached hydrogens (tertiary/aromatic N) is 4. The number of Topliss-reactive ketones (excluding diaryl/α,β-unsaturated/α-hetero) is 1. The summed E-state index contributed by atoms with van der Waals surface area (Å²) < 4.78 is 6.54. The molecule has 3 aromatic rings. The summed E-state index contributed by atoms with van der Waals surface area (Å²) in [6.07, 6.45) is 6.96. The van der Waals surface area contributed by atoms with Crippen molar-refractivity contribution in [3.63, 3.8) is 0 Å². The normalized spacial score (nSPS) is 19.2. The number of hydrogen-bond donors (Lipinski definition) is 1. The largest absolute Gasteiger partial charge is 0.490 e. The molecule has 36 heavy (non-hydrogen) atoms. The van der Waals surface area contributed by atoms with Crippen LogP contribution in [-0.4, -0.2) is 65.0 Å². The minimum absolute atomic E-state index is 0.0551. The van der Waals surface area contributed by atoms with Crippen molar-refractivity contribution < 1.29 is 9.53 Å². The van der Waals surface area contributed by atoms with E-state index in [1.54, 1.807) is 12.4 Å². The number of likely N-dealkylation sites (tertiary alicyclic amines) is 1. The van der Waals surface area contributed by atoms with Gasteiger partial charge in [-0.3, -0.25) is 4.79 Å². The number of benzene rings is 1. The number of rotatable bonds is 5. The molecule has 7 heteroatoms. The van der Waals surface area contributed by atoms with Gasteiger partial charge < -0.3 is 19.5 Å². The van der Waals surface area contributed by atoms with Gasteiger partial charge in [-0.15, -0.1) is 0 Å². The number of hydrogen-bond acceptors (Lipinski definition) is 6. The number of aromatic amines is 1. The van der Waals surface area contributed by atoms with Crippen molar-refractivity contribution in [1.82, 2.24) is 19.9 Å². The molecule has 2 aliphatic rings. The number of ether oxygens (including phenoxy) is 1. The monoisotopic (exact) mass is 489 g/mol. The van der Waals surface area contributed by atoms with Gasteiger partial charge in [-0.1, -0.05) is 34.6 Å². The minimum atomic E-state index is -0.496. The summed E-state index contributed by atoms with van der Waals surface area (Å²) in [6.45, 7) is 14.6. The Morgan fingerprint density at radius 1 is 1.14 bits per heavy atom. The molecule has 2 saturated heterocycles. The van der Waals surface area contributed by atoms with E-state index in [4.69, 9.17) is 9.72 Å². The van der Waals surface area contributed by atoms with E-state index in [9.17, 15) is 4.79 Å². The van der Waals surface area contributed by atoms with Gasteiger partial charge in [0, 0.05) is 55.1 Å². The first kappa shape index (κ1) is 24.8. The summed E-state index contributed by atoms with van der Waals surface area (Å²) in [5.74, 6) is 0.934. The highest BCUT2D eigenvalue weighted by Crippen LogP contribution is 2.37. The van der Waals surface area contributed by atoms with Crippen LogP contribution in [0.1, 0.15) is 64.2 Å². The van der Waals surface area contributed by atoms with Crippen LogP contribution in [0, 0.1) is 10.8 Å². The maximum Gasteiger partial charge on any atom is 0.171 e. The van der Waals surface area contributed by atoms with Crippen LogP contribution in [0.25, 0.3) is 22.4 Å². The lowest BCUT2D eigenvalue weighted by Crippen LogP contribution is -2.35. The van der Waals surface area contributed by atoms with Crippen LogP contribution < -0.4 is 9.64 Å². The van der Waals surface area contributed by atoms with Gasteiger partial charge in [0.05, 0.1) is 17.5 Å². The first-order chi connectivity index (χ1) is 17.0. The number of fused-ring (bicyclic) bond motifs is 1. The number of nitrogens with one attached hydrogen (secondary N) is 1. The van der Waals surface area contributed by atoms with E-state index >= 15 is 0 Å². The van der Waals surface area contributed by atoms with Crippen LogP contribution in [0.5, 0.6) is 5.75 Å². The van der Waals surface area contributed by atoms with E-state index in [-0.39, 0.29) is 17.3 Å². The Hall–Kier alpha value is -2.93. The fourth-order valence-electron chi connectivity index (χ4n) is 5.22. The number of H-pyrrole nitrogens is 1. The molecule has 2 fully saturated rings. The SMILES string of the molecule is CN1CCC(Oc2cc(-c3cnc4[nH]cc(C(=O)C(C)(C)C)c4n3)cc(N3CCC(C)(C)C3)c2)CC1. The smallest absolute Gasteiger partial charge is 0.171 e. The molecule has 0 atom stereocenters. The van der Waals surface area contributed by atoms with Crippen molar-refractivity contribution in [3.8, 4) is 17.0 Å². The van der Waals surface area contributed by atoms with Crippen molar-refractivity contribution in [3.05, 3.63) is 36.2 Å². The van der Waals surface area contributed by atoms with Crippen LogP contribution in [0.15, 0.2) is 30.6 Å². The van der Waals surface area contributed by atoms with Gasteiger partial charge in [0.1, 0.15) is 17.4 Å². The lowest BCUT2D eigenvalue weighted by atomic mass is 9.87. The Kier molecular flexibility index (Phi) is 6.31. The minimum Gasteiger partial charge on any atom is -0.490 e. The van der Waals surface area contributed by atoms with Crippen LogP contribution >= 0.6 is 0 Å². The maximum absolute atomic E-state index is 13.1. The van der Waals surface area contributed by atoms with Gasteiger partial charge in [-0.05, 0) is 43.9 Å². The molecule has 1 N–H and O–H groups in total. The lowest BCUT2D eigenvalue weighted by molar-refractivity contribution is 0.0860. The zero-order valence-electron chi connectivity index (χ0n) is 22.5. The number of aromatic nitrogens is 3. The number of anilines is 1. The summed E-state index contributed by atoms with van der Waals surface area (Å²) >= 11 is 0.